The molecule has 1 aliphatic heterocycles. The van der Waals surface area contributed by atoms with E-state index in [9.17, 15) is 10.1 Å². The lowest BCUT2D eigenvalue weighted by Crippen LogP contribution is -2.52. The van der Waals surface area contributed by atoms with Crippen molar-refractivity contribution in [1.82, 2.24) is 9.80 Å². The van der Waals surface area contributed by atoms with Crippen LogP contribution in [0, 0.1) is 16.7 Å². The molecule has 1 aromatic rings. The lowest BCUT2D eigenvalue weighted by Gasteiger charge is -2.37. The predicted molar refractivity (Wildman–Crippen MR) is 77.1 cm³/mol. The molecular weight excluding hydrogens is 266 g/mol. The van der Waals surface area contributed by atoms with Crippen molar-refractivity contribution < 1.29 is 9.21 Å². The standard InChI is InChI=1S/C16H21N3O2/c17-13-16(5-1-2-6-16)15(20)19-9-7-18(8-10-19)12-14-4-3-11-21-14/h3-4,11H,1-2,5-10,12H2. The van der Waals surface area contributed by atoms with Gasteiger partial charge in [-0.15, -0.1) is 0 Å². The van der Waals surface area contributed by atoms with Crippen LogP contribution in [-0.2, 0) is 11.3 Å². The predicted octanol–water partition coefficient (Wildman–Crippen LogP) is 2.01. The molecule has 0 spiro atoms. The van der Waals surface area contributed by atoms with Crippen molar-refractivity contribution >= 4 is 5.91 Å². The molecule has 2 fully saturated rings. The molecule has 0 N–H and O–H groups in total. The van der Waals surface area contributed by atoms with Crippen LogP contribution in [0.2, 0.25) is 0 Å². The van der Waals surface area contributed by atoms with Crippen LogP contribution in [0.15, 0.2) is 22.8 Å². The molecule has 3 rings (SSSR count). The fourth-order valence-electron chi connectivity index (χ4n) is 3.39. The van der Waals surface area contributed by atoms with Gasteiger partial charge < -0.3 is 9.32 Å². The van der Waals surface area contributed by atoms with Crippen LogP contribution >= 0.6 is 0 Å². The van der Waals surface area contributed by atoms with E-state index in [1.165, 1.54) is 0 Å². The molecule has 0 radical (unpaired) electrons. The van der Waals surface area contributed by atoms with Crippen molar-refractivity contribution in [3.8, 4) is 6.07 Å². The summed E-state index contributed by atoms with van der Waals surface area (Å²) in [5.41, 5.74) is -0.733. The highest BCUT2D eigenvalue weighted by Crippen LogP contribution is 2.39. The maximum Gasteiger partial charge on any atom is 0.243 e. The van der Waals surface area contributed by atoms with Gasteiger partial charge in [0, 0.05) is 26.2 Å². The van der Waals surface area contributed by atoms with E-state index < -0.39 is 5.41 Å². The minimum absolute atomic E-state index is 0.0557. The Morgan fingerprint density at radius 2 is 2.00 bits per heavy atom. The summed E-state index contributed by atoms with van der Waals surface area (Å²) in [6.07, 6.45) is 5.14. The topological polar surface area (TPSA) is 60.5 Å². The van der Waals surface area contributed by atoms with E-state index in [1.54, 1.807) is 6.26 Å². The first-order chi connectivity index (χ1) is 10.2. The fraction of sp³-hybridized carbons (Fsp3) is 0.625. The van der Waals surface area contributed by atoms with Gasteiger partial charge >= 0.3 is 0 Å². The smallest absolute Gasteiger partial charge is 0.243 e. The number of nitriles is 1. The highest BCUT2D eigenvalue weighted by atomic mass is 16.3. The average molecular weight is 287 g/mol. The molecule has 1 aromatic heterocycles. The number of rotatable bonds is 3. The van der Waals surface area contributed by atoms with Crippen LogP contribution in [0.3, 0.4) is 0 Å². The van der Waals surface area contributed by atoms with Gasteiger partial charge in [-0.3, -0.25) is 9.69 Å². The SMILES string of the molecule is N#CC1(C(=O)N2CCN(Cc3ccco3)CC2)CCCC1. The average Bonchev–Trinajstić information content (AvgIpc) is 3.19. The van der Waals surface area contributed by atoms with Gasteiger partial charge in [-0.1, -0.05) is 12.8 Å². The summed E-state index contributed by atoms with van der Waals surface area (Å²) in [7, 11) is 0. The van der Waals surface area contributed by atoms with Crippen molar-refractivity contribution in [1.29, 1.82) is 5.26 Å². The van der Waals surface area contributed by atoms with Crippen molar-refractivity contribution in [3.63, 3.8) is 0 Å². The van der Waals surface area contributed by atoms with Crippen molar-refractivity contribution in [2.24, 2.45) is 5.41 Å². The monoisotopic (exact) mass is 287 g/mol. The molecule has 0 aromatic carbocycles. The van der Waals surface area contributed by atoms with Crippen LogP contribution in [0.4, 0.5) is 0 Å². The van der Waals surface area contributed by atoms with Gasteiger partial charge in [0.1, 0.15) is 11.2 Å². The van der Waals surface area contributed by atoms with E-state index >= 15 is 0 Å². The minimum Gasteiger partial charge on any atom is -0.468 e. The van der Waals surface area contributed by atoms with Gasteiger partial charge in [0.2, 0.25) is 5.91 Å². The number of hydrogen-bond acceptors (Lipinski definition) is 4. The number of furan rings is 1. The summed E-state index contributed by atoms with van der Waals surface area (Å²) in [5, 5.41) is 9.42. The Balaban J connectivity index is 1.56. The molecule has 0 atom stereocenters. The quantitative estimate of drug-likeness (QED) is 0.853. The number of carbonyl (C=O) groups is 1. The Labute approximate surface area is 125 Å². The zero-order valence-electron chi connectivity index (χ0n) is 12.3. The summed E-state index contributed by atoms with van der Waals surface area (Å²) in [6.45, 7) is 3.90. The van der Waals surface area contributed by atoms with Gasteiger partial charge in [-0.2, -0.15) is 5.26 Å². The zero-order valence-corrected chi connectivity index (χ0v) is 12.3. The lowest BCUT2D eigenvalue weighted by molar-refractivity contribution is -0.140. The van der Waals surface area contributed by atoms with E-state index in [4.69, 9.17) is 4.42 Å². The van der Waals surface area contributed by atoms with Crippen molar-refractivity contribution in [2.45, 2.75) is 32.2 Å². The molecule has 2 heterocycles. The van der Waals surface area contributed by atoms with Crippen LogP contribution < -0.4 is 0 Å². The number of nitrogens with zero attached hydrogens (tertiary/aromatic N) is 3. The van der Waals surface area contributed by atoms with Crippen molar-refractivity contribution in [3.05, 3.63) is 24.2 Å². The molecule has 1 amide bonds. The highest BCUT2D eigenvalue weighted by Gasteiger charge is 2.44. The maximum absolute atomic E-state index is 12.6. The third kappa shape index (κ3) is 2.81. The molecule has 5 nitrogen and oxygen atoms in total. The third-order valence-corrected chi connectivity index (χ3v) is 4.70. The molecule has 2 aliphatic rings. The molecule has 21 heavy (non-hydrogen) atoms. The molecule has 1 aliphatic carbocycles. The van der Waals surface area contributed by atoms with Gasteiger partial charge in [0.15, 0.2) is 0 Å². The Kier molecular flexibility index (Phi) is 3.98. The molecule has 5 heteroatoms. The molecule has 1 saturated heterocycles. The van der Waals surface area contributed by atoms with Crippen LogP contribution in [0.1, 0.15) is 31.4 Å². The Bertz CT molecular complexity index is 518. The first kappa shape index (κ1) is 14.2. The largest absolute Gasteiger partial charge is 0.468 e. The summed E-state index contributed by atoms with van der Waals surface area (Å²) < 4.78 is 5.36. The summed E-state index contributed by atoms with van der Waals surface area (Å²) in [6, 6.07) is 6.17. The molecule has 0 unspecified atom stereocenters. The number of carbonyl (C=O) groups excluding carboxylic acids is 1. The highest BCUT2D eigenvalue weighted by molar-refractivity contribution is 5.86. The third-order valence-electron chi connectivity index (χ3n) is 4.70. The van der Waals surface area contributed by atoms with Gasteiger partial charge in [-0.25, -0.2) is 0 Å². The Morgan fingerprint density at radius 1 is 1.29 bits per heavy atom. The summed E-state index contributed by atoms with van der Waals surface area (Å²) in [5.74, 6) is 1.01. The van der Waals surface area contributed by atoms with Crippen molar-refractivity contribution in [2.75, 3.05) is 26.2 Å². The number of hydrogen-bond donors (Lipinski definition) is 0. The van der Waals surface area contributed by atoms with E-state index in [0.29, 0.717) is 13.1 Å². The Morgan fingerprint density at radius 3 is 2.57 bits per heavy atom. The van der Waals surface area contributed by atoms with Gasteiger partial charge in [-0.05, 0) is 25.0 Å². The van der Waals surface area contributed by atoms with Gasteiger partial charge in [0.05, 0.1) is 18.9 Å². The van der Waals surface area contributed by atoms with E-state index in [-0.39, 0.29) is 5.91 Å². The molecule has 1 saturated carbocycles. The second-order valence-electron chi connectivity index (χ2n) is 6.05. The van der Waals surface area contributed by atoms with E-state index in [2.05, 4.69) is 11.0 Å². The lowest BCUT2D eigenvalue weighted by atomic mass is 9.86. The van der Waals surface area contributed by atoms with Crippen LogP contribution in [0.5, 0.6) is 0 Å². The number of piperazine rings is 1. The second kappa shape index (κ2) is 5.90. The molecule has 112 valence electrons. The summed E-state index contributed by atoms with van der Waals surface area (Å²) in [4.78, 5) is 16.8. The second-order valence-corrected chi connectivity index (χ2v) is 6.05. The first-order valence-electron chi connectivity index (χ1n) is 7.69. The number of amides is 1. The zero-order chi connectivity index (χ0) is 14.7. The maximum atomic E-state index is 12.6. The molecular formula is C16H21N3O2. The van der Waals surface area contributed by atoms with Gasteiger partial charge in [0.25, 0.3) is 0 Å². The van der Waals surface area contributed by atoms with Crippen LogP contribution in [0.25, 0.3) is 0 Å². The fourth-order valence-corrected chi connectivity index (χ4v) is 3.39. The normalized spacial score (nSPS) is 22.1. The Hall–Kier alpha value is -1.80. The summed E-state index contributed by atoms with van der Waals surface area (Å²) >= 11 is 0. The molecule has 0 bridgehead atoms. The van der Waals surface area contributed by atoms with E-state index in [0.717, 1.165) is 51.1 Å². The first-order valence-corrected chi connectivity index (χ1v) is 7.69. The van der Waals surface area contributed by atoms with Crippen LogP contribution in [-0.4, -0.2) is 41.9 Å². The van der Waals surface area contributed by atoms with E-state index in [1.807, 2.05) is 17.0 Å². The minimum atomic E-state index is -0.733.